The van der Waals surface area contributed by atoms with E-state index in [4.69, 9.17) is 5.73 Å². The van der Waals surface area contributed by atoms with Crippen LogP contribution in [-0.2, 0) is 6.54 Å². The van der Waals surface area contributed by atoms with Gasteiger partial charge in [0.1, 0.15) is 11.8 Å². The molecule has 6 nitrogen and oxygen atoms in total. The summed E-state index contributed by atoms with van der Waals surface area (Å²) >= 11 is 2.28. The van der Waals surface area contributed by atoms with Crippen molar-refractivity contribution in [1.29, 1.82) is 0 Å². The molecule has 20 heavy (non-hydrogen) atoms. The summed E-state index contributed by atoms with van der Waals surface area (Å²) in [6.07, 6.45) is 3.19. The third kappa shape index (κ3) is 2.74. The molecule has 0 radical (unpaired) electrons. The smallest absolute Gasteiger partial charge is 0.151 e. The molecule has 0 aromatic carbocycles. The monoisotopic (exact) mass is 405 g/mol. The lowest BCUT2D eigenvalue weighted by molar-refractivity contribution is 0.149. The Morgan fingerprint density at radius 1 is 1.50 bits per heavy atom. The van der Waals surface area contributed by atoms with Crippen molar-refractivity contribution in [1.82, 2.24) is 19.9 Å². The van der Waals surface area contributed by atoms with E-state index in [1.807, 2.05) is 6.20 Å². The third-order valence-electron chi connectivity index (χ3n) is 3.72. The maximum atomic E-state index is 10.1. The predicted octanol–water partition coefficient (Wildman–Crippen LogP) is 1.42. The minimum absolute atomic E-state index is 0.234. The summed E-state index contributed by atoms with van der Waals surface area (Å²) in [5.74, 6) is 1.81. The average molecular weight is 405 g/mol. The van der Waals surface area contributed by atoms with E-state index in [9.17, 15) is 5.11 Å². The Bertz CT molecular complexity index is 607. The molecule has 0 spiro atoms. The molecule has 1 saturated heterocycles. The largest absolute Gasteiger partial charge is 0.391 e. The van der Waals surface area contributed by atoms with Gasteiger partial charge in [-0.25, -0.2) is 9.97 Å². The van der Waals surface area contributed by atoms with Crippen LogP contribution in [-0.4, -0.2) is 49.9 Å². The van der Waals surface area contributed by atoms with Crippen LogP contribution in [0.15, 0.2) is 12.5 Å². The molecule has 4 N–H and O–H groups in total. The number of aliphatic hydroxyl groups is 1. The fourth-order valence-corrected chi connectivity index (χ4v) is 4.56. The number of aromatic nitrogens is 3. The zero-order chi connectivity index (χ0) is 14.1. The van der Waals surface area contributed by atoms with Gasteiger partial charge in [0.05, 0.1) is 11.6 Å². The van der Waals surface area contributed by atoms with Gasteiger partial charge in [-0.3, -0.25) is 4.90 Å². The van der Waals surface area contributed by atoms with E-state index in [0.717, 1.165) is 42.0 Å². The van der Waals surface area contributed by atoms with Crippen LogP contribution >= 0.6 is 30.1 Å². The topological polar surface area (TPSA) is 91.1 Å². The number of aliphatic hydroxyl groups excluding tert-OH is 1. The summed E-state index contributed by atoms with van der Waals surface area (Å²) < 4.78 is 0. The summed E-state index contributed by atoms with van der Waals surface area (Å²) in [7, 11) is 1.76. The number of nitrogens with two attached hydrogens (primary N) is 1. The van der Waals surface area contributed by atoms with Crippen molar-refractivity contribution in [3.05, 3.63) is 18.1 Å². The second-order valence-corrected chi connectivity index (χ2v) is 7.51. The normalized spacial score (nSPS) is 23.7. The van der Waals surface area contributed by atoms with Crippen molar-refractivity contribution in [3.8, 4) is 0 Å². The van der Waals surface area contributed by atoms with E-state index >= 15 is 0 Å². The highest BCUT2D eigenvalue weighted by Gasteiger charge is 2.31. The lowest BCUT2D eigenvalue weighted by atomic mass is 10.1. The molecule has 0 bridgehead atoms. The molecule has 1 fully saturated rings. The summed E-state index contributed by atoms with van der Waals surface area (Å²) in [4.78, 5) is 13.7. The van der Waals surface area contributed by atoms with Gasteiger partial charge in [0.15, 0.2) is 5.82 Å². The van der Waals surface area contributed by atoms with E-state index in [2.05, 4.69) is 41.1 Å². The van der Waals surface area contributed by atoms with Gasteiger partial charge < -0.3 is 15.8 Å². The van der Waals surface area contributed by atoms with Gasteiger partial charge in [0.2, 0.25) is 0 Å². The lowest BCUT2D eigenvalue weighted by Crippen LogP contribution is -2.21. The molecule has 1 aliphatic rings. The minimum Gasteiger partial charge on any atom is -0.391 e. The lowest BCUT2D eigenvalue weighted by Gasteiger charge is -2.14. The van der Waals surface area contributed by atoms with Crippen LogP contribution in [0.1, 0.15) is 5.56 Å². The number of β-amino-alcohol motifs (C(OH)–C–C–N with tert-alkyl or cyclic N) is 1. The molecule has 2 aromatic heterocycles. The van der Waals surface area contributed by atoms with Crippen LogP contribution in [0.4, 0.5) is 5.82 Å². The number of hydrogen-bond acceptors (Lipinski definition) is 6. The van der Waals surface area contributed by atoms with Crippen LogP contribution < -0.4 is 5.73 Å². The van der Waals surface area contributed by atoms with Gasteiger partial charge in [0, 0.05) is 43.1 Å². The van der Waals surface area contributed by atoms with E-state index < -0.39 is 0 Å². The summed E-state index contributed by atoms with van der Waals surface area (Å²) in [5.41, 5.74) is 8.59. The highest BCUT2D eigenvalue weighted by atomic mass is 127. The molecule has 2 aromatic rings. The Kier molecular flexibility index (Phi) is 4.34. The Balaban J connectivity index is 1.76. The van der Waals surface area contributed by atoms with Crippen LogP contribution in [0.2, 0.25) is 0 Å². The quantitative estimate of drug-likeness (QED) is 0.667. The first-order chi connectivity index (χ1) is 9.69. The standard InChI is InChI=1S/C12H16IN5OS/c13-20-5-8-3-18(4-9(8)19)2-7-1-15-11-10(7)16-6-17-12(11)14/h1,6,8-9,15,19H,2-5H2,(H2,14,16,17)/t8-,9-/m1/s1. The van der Waals surface area contributed by atoms with Gasteiger partial charge in [-0.05, 0) is 21.2 Å². The Morgan fingerprint density at radius 2 is 2.35 bits per heavy atom. The predicted molar refractivity (Wildman–Crippen MR) is 89.6 cm³/mol. The first kappa shape index (κ1) is 14.4. The van der Waals surface area contributed by atoms with E-state index in [1.165, 1.54) is 6.33 Å². The fourth-order valence-electron chi connectivity index (χ4n) is 2.69. The second kappa shape index (κ2) is 6.04. The zero-order valence-electron chi connectivity index (χ0n) is 10.8. The summed E-state index contributed by atoms with van der Waals surface area (Å²) in [6.45, 7) is 2.41. The summed E-state index contributed by atoms with van der Waals surface area (Å²) in [5, 5.41) is 10.1. The highest BCUT2D eigenvalue weighted by Crippen LogP contribution is 2.27. The van der Waals surface area contributed by atoms with Gasteiger partial charge in [-0.1, -0.05) is 8.93 Å². The Hall–Kier alpha value is -0.580. The van der Waals surface area contributed by atoms with Crippen molar-refractivity contribution < 1.29 is 5.11 Å². The molecule has 2 atom stereocenters. The first-order valence-corrected chi connectivity index (χ1v) is 9.92. The molecule has 0 saturated carbocycles. The molecule has 1 aliphatic heterocycles. The fraction of sp³-hybridized carbons (Fsp3) is 0.500. The van der Waals surface area contributed by atoms with Gasteiger partial charge in [-0.2, -0.15) is 0 Å². The van der Waals surface area contributed by atoms with E-state index in [1.54, 1.807) is 8.93 Å². The maximum Gasteiger partial charge on any atom is 0.151 e. The van der Waals surface area contributed by atoms with E-state index in [-0.39, 0.29) is 6.10 Å². The molecule has 0 aliphatic carbocycles. The number of nitrogen functional groups attached to an aromatic ring is 1. The Morgan fingerprint density at radius 3 is 3.15 bits per heavy atom. The van der Waals surface area contributed by atoms with Crippen molar-refractivity contribution in [2.45, 2.75) is 12.6 Å². The number of halogens is 1. The minimum atomic E-state index is -0.234. The second-order valence-electron chi connectivity index (χ2n) is 5.09. The average Bonchev–Trinajstić information content (AvgIpc) is 2.97. The highest BCUT2D eigenvalue weighted by molar-refractivity contribution is 14.2. The molecular formula is C12H16IN5OS. The van der Waals surface area contributed by atoms with Crippen molar-refractivity contribution in [2.75, 3.05) is 24.6 Å². The molecular weight excluding hydrogens is 389 g/mol. The van der Waals surface area contributed by atoms with Gasteiger partial charge >= 0.3 is 0 Å². The molecule has 0 amide bonds. The van der Waals surface area contributed by atoms with Crippen LogP contribution in [0, 0.1) is 5.92 Å². The molecule has 3 heterocycles. The molecule has 3 rings (SSSR count). The number of anilines is 1. The third-order valence-corrected chi connectivity index (χ3v) is 5.36. The van der Waals surface area contributed by atoms with Gasteiger partial charge in [0.25, 0.3) is 0 Å². The molecule has 0 unspecified atom stereocenters. The number of nitrogens with zero attached hydrogens (tertiary/aromatic N) is 3. The maximum absolute atomic E-state index is 10.1. The van der Waals surface area contributed by atoms with Crippen molar-refractivity contribution >= 4 is 47.0 Å². The van der Waals surface area contributed by atoms with Crippen molar-refractivity contribution in [3.63, 3.8) is 0 Å². The number of H-pyrrole nitrogens is 1. The van der Waals surface area contributed by atoms with Crippen molar-refractivity contribution in [2.24, 2.45) is 5.92 Å². The number of hydrogen-bond donors (Lipinski definition) is 3. The van der Waals surface area contributed by atoms with Crippen LogP contribution in [0.25, 0.3) is 11.0 Å². The molecule has 108 valence electrons. The number of rotatable bonds is 4. The van der Waals surface area contributed by atoms with E-state index in [0.29, 0.717) is 11.7 Å². The number of aromatic amines is 1. The number of fused-ring (bicyclic) bond motifs is 1. The van der Waals surface area contributed by atoms with Crippen LogP contribution in [0.3, 0.4) is 0 Å². The Labute approximate surface area is 133 Å². The SMILES string of the molecule is Nc1ncnc2c(CN3C[C@H](CSI)[C@H](O)C3)c[nH]c12. The first-order valence-electron chi connectivity index (χ1n) is 6.39. The van der Waals surface area contributed by atoms with Gasteiger partial charge in [-0.15, -0.1) is 0 Å². The number of nitrogens with one attached hydrogen (secondary N) is 1. The number of likely N-dealkylation sites (tertiary alicyclic amines) is 1. The molecule has 8 heteroatoms. The summed E-state index contributed by atoms with van der Waals surface area (Å²) in [6, 6.07) is 0. The zero-order valence-corrected chi connectivity index (χ0v) is 13.8. The van der Waals surface area contributed by atoms with Crippen LogP contribution in [0.5, 0.6) is 0 Å².